The number of rotatable bonds is 4. The average molecular weight is 215 g/mol. The van der Waals surface area contributed by atoms with E-state index in [-0.39, 0.29) is 5.92 Å². The molecule has 2 heteroatoms. The van der Waals surface area contributed by atoms with Crippen LogP contribution in [0.4, 0.5) is 0 Å². The van der Waals surface area contributed by atoms with Crippen LogP contribution in [0.15, 0.2) is 36.1 Å². The quantitative estimate of drug-likeness (QED) is 0.567. The molecule has 0 N–H and O–H groups in total. The molecule has 0 saturated carbocycles. The fraction of sp³-hybridized carbons (Fsp3) is 0.357. The van der Waals surface area contributed by atoms with Crippen LogP contribution in [-0.4, -0.2) is 6.61 Å². The van der Waals surface area contributed by atoms with Gasteiger partial charge in [-0.1, -0.05) is 44.2 Å². The largest absolute Gasteiger partial charge is 0.497 e. The zero-order valence-electron chi connectivity index (χ0n) is 10.0. The maximum absolute atomic E-state index is 9.24. The van der Waals surface area contributed by atoms with Gasteiger partial charge in [0.2, 0.25) is 0 Å². The highest BCUT2D eigenvalue weighted by Crippen LogP contribution is 2.24. The minimum absolute atomic E-state index is 0.217. The van der Waals surface area contributed by atoms with Crippen LogP contribution >= 0.6 is 0 Å². The van der Waals surface area contributed by atoms with E-state index < -0.39 is 0 Å². The van der Waals surface area contributed by atoms with Crippen molar-refractivity contribution in [2.75, 3.05) is 6.61 Å². The number of benzene rings is 1. The summed E-state index contributed by atoms with van der Waals surface area (Å²) in [7, 11) is 0. The first-order chi connectivity index (χ1) is 7.70. The summed E-state index contributed by atoms with van der Waals surface area (Å²) >= 11 is 0. The van der Waals surface area contributed by atoms with Crippen LogP contribution < -0.4 is 0 Å². The third-order valence-corrected chi connectivity index (χ3v) is 2.24. The van der Waals surface area contributed by atoms with Crippen molar-refractivity contribution >= 4 is 5.57 Å². The van der Waals surface area contributed by atoms with Crippen molar-refractivity contribution in [1.82, 2.24) is 0 Å². The first-order valence-corrected chi connectivity index (χ1v) is 5.53. The van der Waals surface area contributed by atoms with Crippen LogP contribution in [0.25, 0.3) is 5.57 Å². The van der Waals surface area contributed by atoms with Crippen molar-refractivity contribution in [3.05, 3.63) is 41.7 Å². The molecule has 2 nitrogen and oxygen atoms in total. The molecule has 0 saturated heterocycles. The molecule has 0 aliphatic heterocycles. The molecule has 1 aromatic rings. The highest BCUT2D eigenvalue weighted by atomic mass is 16.5. The molecule has 0 atom stereocenters. The Labute approximate surface area is 97.2 Å². The van der Waals surface area contributed by atoms with Gasteiger partial charge in [0.05, 0.1) is 12.2 Å². The molecule has 0 spiro atoms. The van der Waals surface area contributed by atoms with E-state index in [4.69, 9.17) is 4.74 Å². The summed E-state index contributed by atoms with van der Waals surface area (Å²) < 4.78 is 5.57. The second kappa shape index (κ2) is 5.97. The Morgan fingerprint density at radius 1 is 1.31 bits per heavy atom. The zero-order chi connectivity index (χ0) is 12.0. The van der Waals surface area contributed by atoms with Gasteiger partial charge in [-0.25, -0.2) is 0 Å². The summed E-state index contributed by atoms with van der Waals surface area (Å²) in [6, 6.07) is 11.9. The van der Waals surface area contributed by atoms with E-state index in [1.165, 1.54) is 0 Å². The minimum atomic E-state index is 0.217. The van der Waals surface area contributed by atoms with Crippen LogP contribution in [-0.2, 0) is 4.74 Å². The maximum atomic E-state index is 9.24. The molecule has 0 aliphatic carbocycles. The summed E-state index contributed by atoms with van der Waals surface area (Å²) in [4.78, 5) is 0. The second-order valence-corrected chi connectivity index (χ2v) is 3.80. The maximum Gasteiger partial charge on any atom is 0.117 e. The fourth-order valence-corrected chi connectivity index (χ4v) is 1.55. The van der Waals surface area contributed by atoms with E-state index in [9.17, 15) is 5.26 Å². The first kappa shape index (κ1) is 12.3. The lowest BCUT2D eigenvalue weighted by molar-refractivity contribution is 0.202. The highest BCUT2D eigenvalue weighted by molar-refractivity contribution is 5.78. The standard InChI is InChI=1S/C14H17NO/c1-4-16-14(11(2)3)13(10-15)12-8-6-5-7-9-12/h5-9,11H,4H2,1-3H3/b14-13+. The molecule has 0 aromatic heterocycles. The van der Waals surface area contributed by atoms with Gasteiger partial charge in [0, 0.05) is 5.92 Å². The van der Waals surface area contributed by atoms with Crippen molar-refractivity contribution in [2.45, 2.75) is 20.8 Å². The summed E-state index contributed by atoms with van der Waals surface area (Å²) in [6.45, 7) is 6.59. The smallest absolute Gasteiger partial charge is 0.117 e. The molecule has 0 amide bonds. The van der Waals surface area contributed by atoms with Crippen LogP contribution in [0.3, 0.4) is 0 Å². The molecule has 1 aromatic carbocycles. The summed E-state index contributed by atoms with van der Waals surface area (Å²) in [5.41, 5.74) is 1.56. The van der Waals surface area contributed by atoms with E-state index >= 15 is 0 Å². The van der Waals surface area contributed by atoms with Crippen molar-refractivity contribution < 1.29 is 4.74 Å². The molecule has 0 heterocycles. The third-order valence-electron chi connectivity index (χ3n) is 2.24. The molecule has 16 heavy (non-hydrogen) atoms. The van der Waals surface area contributed by atoms with E-state index in [2.05, 4.69) is 6.07 Å². The van der Waals surface area contributed by atoms with E-state index in [1.807, 2.05) is 51.1 Å². The van der Waals surface area contributed by atoms with Gasteiger partial charge >= 0.3 is 0 Å². The Kier molecular flexibility index (Phi) is 4.60. The predicted molar refractivity (Wildman–Crippen MR) is 65.4 cm³/mol. The van der Waals surface area contributed by atoms with Gasteiger partial charge < -0.3 is 4.74 Å². The van der Waals surface area contributed by atoms with Crippen molar-refractivity contribution in [3.63, 3.8) is 0 Å². The van der Waals surface area contributed by atoms with Crippen molar-refractivity contribution in [2.24, 2.45) is 5.92 Å². The molecule has 0 aliphatic rings. The summed E-state index contributed by atoms with van der Waals surface area (Å²) in [5, 5.41) is 9.24. The number of hydrogen-bond donors (Lipinski definition) is 0. The number of allylic oxidation sites excluding steroid dienone is 2. The summed E-state index contributed by atoms with van der Waals surface area (Å²) in [6.07, 6.45) is 0. The number of hydrogen-bond acceptors (Lipinski definition) is 2. The molecule has 0 radical (unpaired) electrons. The molecular formula is C14H17NO. The van der Waals surface area contributed by atoms with Crippen LogP contribution in [0.2, 0.25) is 0 Å². The Bertz CT molecular complexity index is 398. The lowest BCUT2D eigenvalue weighted by atomic mass is 10.0. The molecule has 84 valence electrons. The van der Waals surface area contributed by atoms with Crippen LogP contribution in [0.1, 0.15) is 26.3 Å². The Morgan fingerprint density at radius 2 is 1.94 bits per heavy atom. The van der Waals surface area contributed by atoms with Gasteiger partial charge in [-0.3, -0.25) is 0 Å². The Hall–Kier alpha value is -1.75. The van der Waals surface area contributed by atoms with Gasteiger partial charge in [0.1, 0.15) is 11.8 Å². The van der Waals surface area contributed by atoms with Gasteiger partial charge in [0.15, 0.2) is 0 Å². The minimum Gasteiger partial charge on any atom is -0.497 e. The lowest BCUT2D eigenvalue weighted by Gasteiger charge is -2.14. The first-order valence-electron chi connectivity index (χ1n) is 5.53. The van der Waals surface area contributed by atoms with Gasteiger partial charge in [0.25, 0.3) is 0 Å². The Morgan fingerprint density at radius 3 is 2.38 bits per heavy atom. The number of nitrogens with zero attached hydrogens (tertiary/aromatic N) is 1. The second-order valence-electron chi connectivity index (χ2n) is 3.80. The van der Waals surface area contributed by atoms with Gasteiger partial charge in [-0.2, -0.15) is 5.26 Å². The topological polar surface area (TPSA) is 33.0 Å². The summed E-state index contributed by atoms with van der Waals surface area (Å²) in [5.74, 6) is 0.992. The predicted octanol–water partition coefficient (Wildman–Crippen LogP) is 3.61. The normalized spacial score (nSPS) is 11.9. The molecule has 0 bridgehead atoms. The average Bonchev–Trinajstić information content (AvgIpc) is 2.30. The number of nitriles is 1. The van der Waals surface area contributed by atoms with Crippen LogP contribution in [0, 0.1) is 17.2 Å². The van der Waals surface area contributed by atoms with E-state index in [0.717, 1.165) is 11.3 Å². The number of ether oxygens (including phenoxy) is 1. The fourth-order valence-electron chi connectivity index (χ4n) is 1.55. The lowest BCUT2D eigenvalue weighted by Crippen LogP contribution is -2.03. The third kappa shape index (κ3) is 2.87. The van der Waals surface area contributed by atoms with E-state index in [0.29, 0.717) is 12.2 Å². The Balaban J connectivity index is 3.22. The molecule has 1 rings (SSSR count). The van der Waals surface area contributed by atoms with Crippen LogP contribution in [0.5, 0.6) is 0 Å². The SMILES string of the molecule is CCO/C(=C(\C#N)c1ccccc1)C(C)C. The highest BCUT2D eigenvalue weighted by Gasteiger charge is 2.13. The van der Waals surface area contributed by atoms with Gasteiger partial charge in [-0.15, -0.1) is 0 Å². The molecule has 0 fully saturated rings. The molecular weight excluding hydrogens is 198 g/mol. The van der Waals surface area contributed by atoms with E-state index in [1.54, 1.807) is 0 Å². The monoisotopic (exact) mass is 215 g/mol. The van der Waals surface area contributed by atoms with Gasteiger partial charge in [-0.05, 0) is 12.5 Å². The van der Waals surface area contributed by atoms with Crippen molar-refractivity contribution in [3.8, 4) is 6.07 Å². The zero-order valence-corrected chi connectivity index (χ0v) is 10.0. The molecule has 0 unspecified atom stereocenters. The van der Waals surface area contributed by atoms with Crippen molar-refractivity contribution in [1.29, 1.82) is 5.26 Å².